The summed E-state index contributed by atoms with van der Waals surface area (Å²) < 4.78 is 5.45. The van der Waals surface area contributed by atoms with E-state index < -0.39 is 0 Å². The molecule has 0 bridgehead atoms. The van der Waals surface area contributed by atoms with Gasteiger partial charge in [-0.3, -0.25) is 4.79 Å². The molecule has 16 heavy (non-hydrogen) atoms. The molecule has 0 atom stereocenters. The smallest absolute Gasteiger partial charge is 0.132 e. The highest BCUT2D eigenvalue weighted by Gasteiger charge is 2.06. The molecule has 0 fully saturated rings. The van der Waals surface area contributed by atoms with Gasteiger partial charge in [0, 0.05) is 31.6 Å². The molecule has 0 aliphatic rings. The van der Waals surface area contributed by atoms with Crippen molar-refractivity contribution in [2.45, 2.75) is 58.9 Å². The molecule has 96 valence electrons. The molecular formula is C13H27NO2. The summed E-state index contributed by atoms with van der Waals surface area (Å²) in [6.07, 6.45) is 3.20. The molecule has 0 rings (SSSR count). The molecule has 3 heteroatoms. The third-order valence-corrected chi connectivity index (χ3v) is 2.26. The number of nitrogens with one attached hydrogen (secondary N) is 1. The third kappa shape index (κ3) is 11.7. The molecule has 1 N–H and O–H groups in total. The van der Waals surface area contributed by atoms with Gasteiger partial charge in [-0.2, -0.15) is 0 Å². The van der Waals surface area contributed by atoms with Crippen molar-refractivity contribution >= 4 is 5.78 Å². The van der Waals surface area contributed by atoms with E-state index in [2.05, 4.69) is 26.1 Å². The van der Waals surface area contributed by atoms with Crippen molar-refractivity contribution in [2.24, 2.45) is 0 Å². The summed E-state index contributed by atoms with van der Waals surface area (Å²) in [5.41, 5.74) is 0.188. The van der Waals surface area contributed by atoms with Crippen molar-refractivity contribution in [1.29, 1.82) is 0 Å². The lowest BCUT2D eigenvalue weighted by Crippen LogP contribution is -2.36. The molecule has 0 aromatic rings. The maximum absolute atomic E-state index is 11.0. The maximum Gasteiger partial charge on any atom is 0.132 e. The fourth-order valence-corrected chi connectivity index (χ4v) is 1.29. The number of ether oxygens (including phenoxy) is 1. The van der Waals surface area contributed by atoms with Gasteiger partial charge in [0.2, 0.25) is 0 Å². The second-order valence-electron chi connectivity index (χ2n) is 5.14. The lowest BCUT2D eigenvalue weighted by atomic mass is 10.1. The minimum Gasteiger partial charge on any atom is -0.381 e. The zero-order valence-corrected chi connectivity index (χ0v) is 11.3. The van der Waals surface area contributed by atoms with E-state index in [0.717, 1.165) is 26.0 Å². The Morgan fingerprint density at radius 2 is 1.81 bits per heavy atom. The molecule has 0 aromatic heterocycles. The first-order valence-electron chi connectivity index (χ1n) is 6.30. The van der Waals surface area contributed by atoms with Crippen molar-refractivity contribution in [2.75, 3.05) is 19.8 Å². The lowest BCUT2D eigenvalue weighted by Gasteiger charge is -2.20. The van der Waals surface area contributed by atoms with E-state index in [9.17, 15) is 4.79 Å². The van der Waals surface area contributed by atoms with Crippen LogP contribution in [-0.4, -0.2) is 31.1 Å². The summed E-state index contributed by atoms with van der Waals surface area (Å²) in [7, 11) is 0. The van der Waals surface area contributed by atoms with E-state index in [1.807, 2.05) is 6.92 Å². The highest BCUT2D eigenvalue weighted by molar-refractivity contribution is 5.77. The summed E-state index contributed by atoms with van der Waals surface area (Å²) in [4.78, 5) is 11.0. The van der Waals surface area contributed by atoms with Crippen LogP contribution >= 0.6 is 0 Å². The van der Waals surface area contributed by atoms with Crippen molar-refractivity contribution in [3.63, 3.8) is 0 Å². The Morgan fingerprint density at radius 3 is 2.38 bits per heavy atom. The van der Waals surface area contributed by atoms with Gasteiger partial charge >= 0.3 is 0 Å². The molecule has 0 spiro atoms. The first kappa shape index (κ1) is 15.6. The first-order valence-corrected chi connectivity index (χ1v) is 6.30. The second kappa shape index (κ2) is 8.71. The fraction of sp³-hybridized carbons (Fsp3) is 0.923. The molecule has 0 radical (unpaired) electrons. The van der Waals surface area contributed by atoms with Gasteiger partial charge < -0.3 is 10.1 Å². The van der Waals surface area contributed by atoms with Crippen LogP contribution in [0.15, 0.2) is 0 Å². The van der Waals surface area contributed by atoms with Crippen LogP contribution in [0.1, 0.15) is 53.4 Å². The van der Waals surface area contributed by atoms with E-state index in [1.54, 1.807) is 0 Å². The standard InChI is InChI=1S/C13H27NO2/c1-5-12(15)8-6-10-16-11-7-9-14-13(2,3)4/h14H,5-11H2,1-4H3. The average molecular weight is 229 g/mol. The van der Waals surface area contributed by atoms with Gasteiger partial charge in [-0.25, -0.2) is 0 Å². The Bertz CT molecular complexity index is 185. The van der Waals surface area contributed by atoms with E-state index in [0.29, 0.717) is 25.2 Å². The Kier molecular flexibility index (Phi) is 8.49. The minimum absolute atomic E-state index is 0.188. The number of carbonyl (C=O) groups is 1. The zero-order valence-electron chi connectivity index (χ0n) is 11.3. The summed E-state index contributed by atoms with van der Waals surface area (Å²) in [6, 6.07) is 0. The molecule has 0 unspecified atom stereocenters. The number of rotatable bonds is 9. The van der Waals surface area contributed by atoms with Gasteiger partial charge in [-0.1, -0.05) is 6.92 Å². The predicted molar refractivity (Wildman–Crippen MR) is 67.7 cm³/mol. The quantitative estimate of drug-likeness (QED) is 0.617. The van der Waals surface area contributed by atoms with E-state index >= 15 is 0 Å². The predicted octanol–water partition coefficient (Wildman–Crippen LogP) is 2.54. The van der Waals surface area contributed by atoms with Crippen molar-refractivity contribution in [1.82, 2.24) is 5.32 Å². The van der Waals surface area contributed by atoms with E-state index in [4.69, 9.17) is 4.74 Å². The lowest BCUT2D eigenvalue weighted by molar-refractivity contribution is -0.119. The van der Waals surface area contributed by atoms with Crippen molar-refractivity contribution in [3.8, 4) is 0 Å². The number of carbonyl (C=O) groups excluding carboxylic acids is 1. The largest absolute Gasteiger partial charge is 0.381 e. The van der Waals surface area contributed by atoms with Crippen LogP contribution in [0.3, 0.4) is 0 Å². The minimum atomic E-state index is 0.188. The van der Waals surface area contributed by atoms with Gasteiger partial charge in [0.15, 0.2) is 0 Å². The van der Waals surface area contributed by atoms with Gasteiger partial charge in [0.25, 0.3) is 0 Å². The van der Waals surface area contributed by atoms with Crippen LogP contribution in [0.2, 0.25) is 0 Å². The number of Topliss-reactive ketones (excluding diaryl/α,β-unsaturated/α-hetero) is 1. The van der Waals surface area contributed by atoms with Gasteiger partial charge in [-0.15, -0.1) is 0 Å². The number of ketones is 1. The summed E-state index contributed by atoms with van der Waals surface area (Å²) in [5.74, 6) is 0.331. The van der Waals surface area contributed by atoms with E-state index in [1.165, 1.54) is 0 Å². The van der Waals surface area contributed by atoms with Crippen LogP contribution in [0.4, 0.5) is 0 Å². The van der Waals surface area contributed by atoms with Crippen LogP contribution in [0, 0.1) is 0 Å². The van der Waals surface area contributed by atoms with Gasteiger partial charge in [-0.05, 0) is 40.2 Å². The third-order valence-electron chi connectivity index (χ3n) is 2.26. The first-order chi connectivity index (χ1) is 7.45. The summed E-state index contributed by atoms with van der Waals surface area (Å²) in [6.45, 7) is 10.8. The monoisotopic (exact) mass is 229 g/mol. The number of hydrogen-bond donors (Lipinski definition) is 1. The summed E-state index contributed by atoms with van der Waals surface area (Å²) in [5, 5.41) is 3.41. The molecule has 0 aromatic carbocycles. The SMILES string of the molecule is CCC(=O)CCCOCCCNC(C)(C)C. The highest BCUT2D eigenvalue weighted by atomic mass is 16.5. The van der Waals surface area contributed by atoms with E-state index in [-0.39, 0.29) is 5.54 Å². The normalized spacial score (nSPS) is 11.8. The zero-order chi connectivity index (χ0) is 12.4. The van der Waals surface area contributed by atoms with Crippen LogP contribution in [-0.2, 0) is 9.53 Å². The molecule has 0 amide bonds. The molecule has 0 saturated carbocycles. The van der Waals surface area contributed by atoms with Crippen molar-refractivity contribution < 1.29 is 9.53 Å². The van der Waals surface area contributed by atoms with Gasteiger partial charge in [0.1, 0.15) is 5.78 Å². The molecule has 0 heterocycles. The summed E-state index contributed by atoms with van der Waals surface area (Å²) >= 11 is 0. The second-order valence-corrected chi connectivity index (χ2v) is 5.14. The Labute approximate surface area is 99.9 Å². The van der Waals surface area contributed by atoms with Crippen molar-refractivity contribution in [3.05, 3.63) is 0 Å². The van der Waals surface area contributed by atoms with Crippen LogP contribution in [0.25, 0.3) is 0 Å². The molecule has 0 saturated heterocycles. The maximum atomic E-state index is 11.0. The average Bonchev–Trinajstić information content (AvgIpc) is 2.20. The van der Waals surface area contributed by atoms with Gasteiger partial charge in [0.05, 0.1) is 0 Å². The molecule has 0 aliphatic carbocycles. The Morgan fingerprint density at radius 1 is 1.19 bits per heavy atom. The highest BCUT2D eigenvalue weighted by Crippen LogP contribution is 1.99. The Hall–Kier alpha value is -0.410. The van der Waals surface area contributed by atoms with Crippen LogP contribution in [0.5, 0.6) is 0 Å². The molecular weight excluding hydrogens is 202 g/mol. The topological polar surface area (TPSA) is 38.3 Å². The molecule has 3 nitrogen and oxygen atoms in total. The Balaban J connectivity index is 3.13. The van der Waals surface area contributed by atoms with Crippen LogP contribution < -0.4 is 5.32 Å². The fourth-order valence-electron chi connectivity index (χ4n) is 1.29. The number of hydrogen-bond acceptors (Lipinski definition) is 3. The molecule has 0 aliphatic heterocycles.